The minimum absolute atomic E-state index is 0.0682. The minimum Gasteiger partial charge on any atom is -0.305 e. The Kier molecular flexibility index (Phi) is 4.44. The molecule has 2 heterocycles. The molecule has 2 rings (SSSR count). The maximum Gasteiger partial charge on any atom is 0.0777 e. The topological polar surface area (TPSA) is 37.8 Å². The van der Waals surface area contributed by atoms with Crippen molar-refractivity contribution in [2.75, 3.05) is 6.54 Å². The van der Waals surface area contributed by atoms with Crippen LogP contribution in [0.2, 0.25) is 0 Å². The van der Waals surface area contributed by atoms with Crippen LogP contribution in [0.5, 0.6) is 0 Å². The van der Waals surface area contributed by atoms with Gasteiger partial charge in [-0.15, -0.1) is 0 Å². The molecule has 0 spiro atoms. The molecule has 1 atom stereocenters. The lowest BCUT2D eigenvalue weighted by Crippen LogP contribution is -2.23. The standard InChI is InChI=1S/C14H16BrN3/c1-3-16-13(11-7-6-10(2)18-9-11)14-12(15)5-4-8-17-14/h4-9,13,16H,3H2,1-2H3. The average molecular weight is 306 g/mol. The molecular weight excluding hydrogens is 290 g/mol. The highest BCUT2D eigenvalue weighted by Crippen LogP contribution is 2.26. The second-order valence-corrected chi connectivity index (χ2v) is 4.95. The fourth-order valence-corrected chi connectivity index (χ4v) is 2.32. The Balaban J connectivity index is 2.40. The normalized spacial score (nSPS) is 12.4. The molecule has 4 heteroatoms. The van der Waals surface area contributed by atoms with Crippen LogP contribution in [0.1, 0.15) is 29.9 Å². The number of halogens is 1. The lowest BCUT2D eigenvalue weighted by atomic mass is 10.0. The molecule has 0 aliphatic rings. The molecule has 0 radical (unpaired) electrons. The van der Waals surface area contributed by atoms with Crippen LogP contribution in [0.25, 0.3) is 0 Å². The Morgan fingerprint density at radius 3 is 2.72 bits per heavy atom. The highest BCUT2D eigenvalue weighted by Gasteiger charge is 2.17. The Morgan fingerprint density at radius 2 is 2.11 bits per heavy atom. The van der Waals surface area contributed by atoms with Crippen molar-refractivity contribution in [3.63, 3.8) is 0 Å². The number of rotatable bonds is 4. The third-order valence-electron chi connectivity index (χ3n) is 2.74. The summed E-state index contributed by atoms with van der Waals surface area (Å²) in [4.78, 5) is 8.81. The van der Waals surface area contributed by atoms with Crippen molar-refractivity contribution in [1.29, 1.82) is 0 Å². The number of hydrogen-bond acceptors (Lipinski definition) is 3. The van der Waals surface area contributed by atoms with Crippen molar-refractivity contribution in [3.05, 3.63) is 58.1 Å². The van der Waals surface area contributed by atoms with Crippen LogP contribution in [0.3, 0.4) is 0 Å². The lowest BCUT2D eigenvalue weighted by molar-refractivity contribution is 0.611. The molecule has 1 unspecified atom stereocenters. The van der Waals surface area contributed by atoms with Crippen LogP contribution in [0.4, 0.5) is 0 Å². The van der Waals surface area contributed by atoms with Crippen molar-refractivity contribution in [2.45, 2.75) is 19.9 Å². The first-order chi connectivity index (χ1) is 8.72. The van der Waals surface area contributed by atoms with Crippen LogP contribution in [-0.2, 0) is 0 Å². The summed E-state index contributed by atoms with van der Waals surface area (Å²) in [6, 6.07) is 8.12. The summed E-state index contributed by atoms with van der Waals surface area (Å²) in [7, 11) is 0. The third kappa shape index (κ3) is 2.94. The van der Waals surface area contributed by atoms with Crippen molar-refractivity contribution >= 4 is 15.9 Å². The Morgan fingerprint density at radius 1 is 1.28 bits per heavy atom. The van der Waals surface area contributed by atoms with Crippen LogP contribution in [-0.4, -0.2) is 16.5 Å². The van der Waals surface area contributed by atoms with Gasteiger partial charge in [0.25, 0.3) is 0 Å². The number of aryl methyl sites for hydroxylation is 1. The van der Waals surface area contributed by atoms with Crippen molar-refractivity contribution < 1.29 is 0 Å². The van der Waals surface area contributed by atoms with Gasteiger partial charge in [0.2, 0.25) is 0 Å². The first kappa shape index (κ1) is 13.2. The fraction of sp³-hybridized carbons (Fsp3) is 0.286. The zero-order valence-electron chi connectivity index (χ0n) is 10.5. The van der Waals surface area contributed by atoms with Crippen LogP contribution < -0.4 is 5.32 Å². The summed E-state index contributed by atoms with van der Waals surface area (Å²) in [6.45, 7) is 4.95. The second-order valence-electron chi connectivity index (χ2n) is 4.09. The van der Waals surface area contributed by atoms with E-state index in [4.69, 9.17) is 0 Å². The molecule has 0 amide bonds. The molecule has 2 aromatic heterocycles. The third-order valence-corrected chi connectivity index (χ3v) is 3.41. The summed E-state index contributed by atoms with van der Waals surface area (Å²) in [6.07, 6.45) is 3.72. The fourth-order valence-electron chi connectivity index (χ4n) is 1.84. The maximum atomic E-state index is 4.46. The molecule has 0 saturated heterocycles. The molecule has 0 saturated carbocycles. The molecule has 0 aromatic carbocycles. The van der Waals surface area contributed by atoms with E-state index in [9.17, 15) is 0 Å². The number of pyridine rings is 2. The molecule has 0 aliphatic heterocycles. The molecule has 2 aromatic rings. The van der Waals surface area contributed by atoms with Gasteiger partial charge < -0.3 is 5.32 Å². The predicted octanol–water partition coefficient (Wildman–Crippen LogP) is 3.25. The van der Waals surface area contributed by atoms with Gasteiger partial charge in [-0.2, -0.15) is 0 Å². The smallest absolute Gasteiger partial charge is 0.0777 e. The van der Waals surface area contributed by atoms with E-state index >= 15 is 0 Å². The molecule has 3 nitrogen and oxygen atoms in total. The zero-order valence-corrected chi connectivity index (χ0v) is 12.1. The SMILES string of the molecule is CCNC(c1ccc(C)nc1)c1ncccc1Br. The first-order valence-corrected chi connectivity index (χ1v) is 6.78. The van der Waals surface area contributed by atoms with Gasteiger partial charge in [0.15, 0.2) is 0 Å². The van der Waals surface area contributed by atoms with Gasteiger partial charge in [-0.3, -0.25) is 9.97 Å². The zero-order chi connectivity index (χ0) is 13.0. The van der Waals surface area contributed by atoms with E-state index in [0.29, 0.717) is 0 Å². The van der Waals surface area contributed by atoms with Gasteiger partial charge in [0, 0.05) is 22.6 Å². The van der Waals surface area contributed by atoms with Crippen LogP contribution in [0, 0.1) is 6.92 Å². The number of nitrogens with one attached hydrogen (secondary N) is 1. The molecule has 0 fully saturated rings. The average Bonchev–Trinajstić information content (AvgIpc) is 2.38. The number of nitrogens with zero attached hydrogens (tertiary/aromatic N) is 2. The van der Waals surface area contributed by atoms with Gasteiger partial charge in [-0.25, -0.2) is 0 Å². The quantitative estimate of drug-likeness (QED) is 0.942. The van der Waals surface area contributed by atoms with Gasteiger partial charge in [0.1, 0.15) is 0 Å². The molecule has 0 bridgehead atoms. The summed E-state index contributed by atoms with van der Waals surface area (Å²) >= 11 is 3.56. The monoisotopic (exact) mass is 305 g/mol. The van der Waals surface area contributed by atoms with Gasteiger partial charge in [-0.05, 0) is 53.2 Å². The summed E-state index contributed by atoms with van der Waals surface area (Å²) in [5, 5.41) is 3.44. The second kappa shape index (κ2) is 6.07. The van der Waals surface area contributed by atoms with E-state index in [1.54, 1.807) is 0 Å². The Labute approximate surface area is 116 Å². The maximum absolute atomic E-state index is 4.46. The molecule has 94 valence electrons. The Hall–Kier alpha value is -1.26. The summed E-state index contributed by atoms with van der Waals surface area (Å²) < 4.78 is 1.01. The van der Waals surface area contributed by atoms with Crippen LogP contribution >= 0.6 is 15.9 Å². The van der Waals surface area contributed by atoms with Crippen molar-refractivity contribution in [2.24, 2.45) is 0 Å². The van der Waals surface area contributed by atoms with E-state index in [1.165, 1.54) is 0 Å². The van der Waals surface area contributed by atoms with Crippen molar-refractivity contribution in [1.82, 2.24) is 15.3 Å². The molecule has 0 aliphatic carbocycles. The van der Waals surface area contributed by atoms with E-state index in [0.717, 1.165) is 28.0 Å². The van der Waals surface area contributed by atoms with E-state index in [1.807, 2.05) is 37.5 Å². The van der Waals surface area contributed by atoms with Crippen LogP contribution in [0.15, 0.2) is 41.1 Å². The molecule has 18 heavy (non-hydrogen) atoms. The highest BCUT2D eigenvalue weighted by atomic mass is 79.9. The largest absolute Gasteiger partial charge is 0.305 e. The summed E-state index contributed by atoms with van der Waals surface area (Å²) in [5.74, 6) is 0. The number of hydrogen-bond donors (Lipinski definition) is 1. The van der Waals surface area contributed by atoms with Gasteiger partial charge in [-0.1, -0.05) is 13.0 Å². The Bertz CT molecular complexity index is 511. The summed E-state index contributed by atoms with van der Waals surface area (Å²) in [5.41, 5.74) is 3.14. The van der Waals surface area contributed by atoms with Crippen molar-refractivity contribution in [3.8, 4) is 0 Å². The molecule has 1 N–H and O–H groups in total. The van der Waals surface area contributed by atoms with Gasteiger partial charge >= 0.3 is 0 Å². The first-order valence-electron chi connectivity index (χ1n) is 5.98. The predicted molar refractivity (Wildman–Crippen MR) is 76.4 cm³/mol. The molecular formula is C14H16BrN3. The highest BCUT2D eigenvalue weighted by molar-refractivity contribution is 9.10. The van der Waals surface area contributed by atoms with Gasteiger partial charge in [0.05, 0.1) is 11.7 Å². The lowest BCUT2D eigenvalue weighted by Gasteiger charge is -2.18. The van der Waals surface area contributed by atoms with E-state index < -0.39 is 0 Å². The number of aromatic nitrogens is 2. The van der Waals surface area contributed by atoms with E-state index in [2.05, 4.69) is 44.2 Å². The van der Waals surface area contributed by atoms with E-state index in [-0.39, 0.29) is 6.04 Å². The minimum atomic E-state index is 0.0682.